The average Bonchev–Trinajstić information content (AvgIpc) is 2.18. The molecule has 0 bridgehead atoms. The van der Waals surface area contributed by atoms with Crippen LogP contribution in [0, 0.1) is 0 Å². The van der Waals surface area contributed by atoms with Gasteiger partial charge in [0.1, 0.15) is 0 Å². The number of carboxylic acid groups (broad SMARTS) is 1. The number of aromatic carboxylic acids is 1. The van der Waals surface area contributed by atoms with Crippen molar-refractivity contribution in [2.24, 2.45) is 0 Å². The molecule has 0 radical (unpaired) electrons. The summed E-state index contributed by atoms with van der Waals surface area (Å²) in [5, 5.41) is 12.0. The first-order valence-electron chi connectivity index (χ1n) is 4.71. The molecule has 1 unspecified atom stereocenters. The second kappa shape index (κ2) is 5.14. The zero-order valence-corrected chi connectivity index (χ0v) is 8.60. The maximum Gasteiger partial charge on any atom is 0.356 e. The molecule has 4 nitrogen and oxygen atoms in total. The molecule has 0 fully saturated rings. The molecule has 4 heteroatoms. The van der Waals surface area contributed by atoms with Gasteiger partial charge in [0.25, 0.3) is 0 Å². The lowest BCUT2D eigenvalue weighted by Crippen LogP contribution is -2.17. The Labute approximate surface area is 88.7 Å². The number of hydrogen-bond acceptors (Lipinski definition) is 3. The summed E-state index contributed by atoms with van der Waals surface area (Å²) < 4.78 is 0. The largest absolute Gasteiger partial charge is 0.476 e. The topological polar surface area (TPSA) is 62.2 Å². The fraction of sp³-hybridized carbons (Fsp3) is 0.273. The third-order valence-corrected chi connectivity index (χ3v) is 1.93. The first-order valence-corrected chi connectivity index (χ1v) is 4.71. The van der Waals surface area contributed by atoms with Crippen molar-refractivity contribution in [2.75, 3.05) is 5.32 Å². The highest BCUT2D eigenvalue weighted by atomic mass is 16.4. The molecule has 0 spiro atoms. The number of aromatic nitrogens is 1. The van der Waals surface area contributed by atoms with E-state index < -0.39 is 5.97 Å². The Hall–Kier alpha value is -1.84. The van der Waals surface area contributed by atoms with Gasteiger partial charge in [0.05, 0.1) is 5.69 Å². The van der Waals surface area contributed by atoms with Crippen LogP contribution in [0.2, 0.25) is 0 Å². The Bertz CT molecular complexity index is 363. The van der Waals surface area contributed by atoms with E-state index in [2.05, 4.69) is 16.9 Å². The van der Waals surface area contributed by atoms with Gasteiger partial charge in [-0.25, -0.2) is 9.78 Å². The molecule has 1 atom stereocenters. The van der Waals surface area contributed by atoms with E-state index in [-0.39, 0.29) is 11.7 Å². The molecule has 1 rings (SSSR count). The normalized spacial score (nSPS) is 11.8. The molecule has 80 valence electrons. The first-order chi connectivity index (χ1) is 7.15. The van der Waals surface area contributed by atoms with Gasteiger partial charge in [-0.2, -0.15) is 0 Å². The van der Waals surface area contributed by atoms with Crippen LogP contribution in [-0.4, -0.2) is 22.1 Å². The molecule has 15 heavy (non-hydrogen) atoms. The van der Waals surface area contributed by atoms with Crippen molar-refractivity contribution in [3.63, 3.8) is 0 Å². The van der Waals surface area contributed by atoms with Gasteiger partial charge in [0.2, 0.25) is 0 Å². The summed E-state index contributed by atoms with van der Waals surface area (Å²) in [5.41, 5.74) is 0.591. The number of rotatable bonds is 5. The quantitative estimate of drug-likeness (QED) is 0.725. The van der Waals surface area contributed by atoms with E-state index in [0.29, 0.717) is 5.69 Å². The molecule has 0 saturated heterocycles. The van der Waals surface area contributed by atoms with Crippen molar-refractivity contribution in [1.82, 2.24) is 4.98 Å². The minimum Gasteiger partial charge on any atom is -0.476 e. The van der Waals surface area contributed by atoms with Gasteiger partial charge in [0, 0.05) is 12.2 Å². The Morgan fingerprint density at radius 1 is 1.80 bits per heavy atom. The van der Waals surface area contributed by atoms with Crippen molar-refractivity contribution in [3.05, 3.63) is 36.7 Å². The van der Waals surface area contributed by atoms with Crippen molar-refractivity contribution < 1.29 is 9.90 Å². The molecule has 0 saturated carbocycles. The summed E-state index contributed by atoms with van der Waals surface area (Å²) in [7, 11) is 0. The number of nitrogens with zero attached hydrogens (tertiary/aromatic N) is 1. The predicted octanol–water partition coefficient (Wildman–Crippen LogP) is 2.16. The number of anilines is 1. The molecule has 0 aliphatic carbocycles. The SMILES string of the molecule is C=CCC(C)Nc1cccnc1C(=O)O. The molecule has 0 amide bonds. The van der Waals surface area contributed by atoms with E-state index in [1.54, 1.807) is 18.2 Å². The van der Waals surface area contributed by atoms with E-state index >= 15 is 0 Å². The average molecular weight is 206 g/mol. The zero-order valence-electron chi connectivity index (χ0n) is 8.60. The van der Waals surface area contributed by atoms with Crippen LogP contribution in [0.5, 0.6) is 0 Å². The summed E-state index contributed by atoms with van der Waals surface area (Å²) in [6.45, 7) is 5.59. The van der Waals surface area contributed by atoms with Crippen molar-refractivity contribution in [1.29, 1.82) is 0 Å². The van der Waals surface area contributed by atoms with Gasteiger partial charge in [-0.3, -0.25) is 0 Å². The van der Waals surface area contributed by atoms with Crippen LogP contribution in [-0.2, 0) is 0 Å². The Kier molecular flexibility index (Phi) is 3.85. The molecule has 0 aliphatic heterocycles. The summed E-state index contributed by atoms with van der Waals surface area (Å²) in [6, 6.07) is 3.55. The van der Waals surface area contributed by atoms with Crippen LogP contribution < -0.4 is 5.32 Å². The first kappa shape index (κ1) is 11.2. The van der Waals surface area contributed by atoms with Gasteiger partial charge in [0.15, 0.2) is 5.69 Å². The molecular formula is C11H14N2O2. The molecule has 1 heterocycles. The minimum atomic E-state index is -1.02. The lowest BCUT2D eigenvalue weighted by Gasteiger charge is -2.14. The zero-order chi connectivity index (χ0) is 11.3. The van der Waals surface area contributed by atoms with Crippen LogP contribution in [0.4, 0.5) is 5.69 Å². The van der Waals surface area contributed by atoms with Gasteiger partial charge >= 0.3 is 5.97 Å². The molecular weight excluding hydrogens is 192 g/mol. The molecule has 0 aromatic carbocycles. The van der Waals surface area contributed by atoms with Crippen molar-refractivity contribution in [2.45, 2.75) is 19.4 Å². The van der Waals surface area contributed by atoms with Gasteiger partial charge in [-0.05, 0) is 25.5 Å². The van der Waals surface area contributed by atoms with E-state index in [9.17, 15) is 4.79 Å². The molecule has 1 aromatic rings. The van der Waals surface area contributed by atoms with Gasteiger partial charge in [-0.15, -0.1) is 6.58 Å². The van der Waals surface area contributed by atoms with Gasteiger partial charge < -0.3 is 10.4 Å². The van der Waals surface area contributed by atoms with Gasteiger partial charge in [-0.1, -0.05) is 6.08 Å². The van der Waals surface area contributed by atoms with Crippen LogP contribution >= 0.6 is 0 Å². The number of carboxylic acids is 1. The number of carbonyl (C=O) groups is 1. The Morgan fingerprint density at radius 3 is 3.13 bits per heavy atom. The maximum atomic E-state index is 10.8. The van der Waals surface area contributed by atoms with Crippen molar-refractivity contribution >= 4 is 11.7 Å². The van der Waals surface area contributed by atoms with E-state index in [1.807, 2.05) is 6.92 Å². The third kappa shape index (κ3) is 3.09. The highest BCUT2D eigenvalue weighted by Gasteiger charge is 2.11. The van der Waals surface area contributed by atoms with Crippen LogP contribution in [0.15, 0.2) is 31.0 Å². The van der Waals surface area contributed by atoms with Crippen molar-refractivity contribution in [3.8, 4) is 0 Å². The highest BCUT2D eigenvalue weighted by molar-refractivity contribution is 5.91. The van der Waals surface area contributed by atoms with E-state index in [0.717, 1.165) is 6.42 Å². The highest BCUT2D eigenvalue weighted by Crippen LogP contribution is 2.14. The minimum absolute atomic E-state index is 0.0495. The van der Waals surface area contributed by atoms with Crippen LogP contribution in [0.1, 0.15) is 23.8 Å². The number of hydrogen-bond donors (Lipinski definition) is 2. The summed E-state index contributed by atoms with van der Waals surface area (Å²) in [6.07, 6.45) is 4.02. The smallest absolute Gasteiger partial charge is 0.356 e. The maximum absolute atomic E-state index is 10.8. The third-order valence-electron chi connectivity index (χ3n) is 1.93. The Balaban J connectivity index is 2.84. The van der Waals surface area contributed by atoms with Crippen LogP contribution in [0.25, 0.3) is 0 Å². The van der Waals surface area contributed by atoms with E-state index in [1.165, 1.54) is 6.20 Å². The predicted molar refractivity (Wildman–Crippen MR) is 59.1 cm³/mol. The summed E-state index contributed by atoms with van der Waals surface area (Å²) in [5.74, 6) is -1.02. The second-order valence-corrected chi connectivity index (χ2v) is 3.27. The molecule has 2 N–H and O–H groups in total. The molecule has 0 aliphatic rings. The standard InChI is InChI=1S/C11H14N2O2/c1-3-5-8(2)13-9-6-4-7-12-10(9)11(14)15/h3-4,6-8,13H,1,5H2,2H3,(H,14,15). The lowest BCUT2D eigenvalue weighted by molar-refractivity contribution is 0.0691. The lowest BCUT2D eigenvalue weighted by atomic mass is 10.2. The second-order valence-electron chi connectivity index (χ2n) is 3.27. The van der Waals surface area contributed by atoms with Crippen LogP contribution in [0.3, 0.4) is 0 Å². The molecule has 1 aromatic heterocycles. The number of nitrogens with one attached hydrogen (secondary N) is 1. The summed E-state index contributed by atoms with van der Waals surface area (Å²) in [4.78, 5) is 14.6. The number of pyridine rings is 1. The fourth-order valence-electron chi connectivity index (χ4n) is 1.27. The fourth-order valence-corrected chi connectivity index (χ4v) is 1.27. The summed E-state index contributed by atoms with van der Waals surface area (Å²) >= 11 is 0. The van der Waals surface area contributed by atoms with E-state index in [4.69, 9.17) is 5.11 Å². The monoisotopic (exact) mass is 206 g/mol. The Morgan fingerprint density at radius 2 is 2.53 bits per heavy atom.